The van der Waals surface area contributed by atoms with Crippen molar-refractivity contribution in [2.45, 2.75) is 13.8 Å². The molecular weight excluding hydrogens is 124 g/mol. The van der Waals surface area contributed by atoms with Crippen molar-refractivity contribution in [1.82, 2.24) is 10.2 Å². The van der Waals surface area contributed by atoms with Gasteiger partial charge in [-0.25, -0.2) is 0 Å². The summed E-state index contributed by atoms with van der Waals surface area (Å²) in [5, 5.41) is 3.04. The topological polar surface area (TPSA) is 15.3 Å². The predicted molar refractivity (Wildman–Crippen MR) is 43.6 cm³/mol. The van der Waals surface area contributed by atoms with Crippen molar-refractivity contribution in [2.75, 3.05) is 20.1 Å². The van der Waals surface area contributed by atoms with Crippen LogP contribution in [0.2, 0.25) is 0 Å². The molecule has 10 heavy (non-hydrogen) atoms. The Morgan fingerprint density at radius 1 is 1.50 bits per heavy atom. The summed E-state index contributed by atoms with van der Waals surface area (Å²) < 4.78 is 0. The van der Waals surface area contributed by atoms with Crippen molar-refractivity contribution < 1.29 is 0 Å². The van der Waals surface area contributed by atoms with Crippen LogP contribution >= 0.6 is 0 Å². The average Bonchev–Trinajstić information content (AvgIpc) is 1.81. The first-order chi connectivity index (χ1) is 4.55. The van der Waals surface area contributed by atoms with Crippen molar-refractivity contribution in [3.8, 4) is 0 Å². The van der Waals surface area contributed by atoms with Crippen molar-refractivity contribution in [1.29, 1.82) is 0 Å². The summed E-state index contributed by atoms with van der Waals surface area (Å²) in [7, 11) is 1.91. The Kier molecular flexibility index (Phi) is 1.63. The predicted octanol–water partition coefficient (Wildman–Crippen LogP) is 1.02. The lowest BCUT2D eigenvalue weighted by molar-refractivity contribution is 0.0587. The van der Waals surface area contributed by atoms with E-state index in [2.05, 4.69) is 30.6 Å². The molecule has 1 aliphatic rings. The Morgan fingerprint density at radius 2 is 2.00 bits per heavy atom. The molecule has 0 spiro atoms. The molecular formula is C8H16N2. The van der Waals surface area contributed by atoms with Gasteiger partial charge in [0.15, 0.2) is 0 Å². The van der Waals surface area contributed by atoms with Crippen molar-refractivity contribution >= 4 is 0 Å². The molecule has 2 nitrogen and oxygen atoms in total. The number of nitrogens with zero attached hydrogens (tertiary/aromatic N) is 1. The zero-order valence-corrected chi connectivity index (χ0v) is 7.07. The maximum atomic E-state index is 3.88. The molecule has 0 aliphatic carbocycles. The Balaban J connectivity index is 2.33. The maximum absolute atomic E-state index is 3.88. The second-order valence-corrected chi connectivity index (χ2v) is 3.72. The third kappa shape index (κ3) is 1.25. The molecule has 58 valence electrons. The van der Waals surface area contributed by atoms with Gasteiger partial charge in [-0.05, 0) is 5.41 Å². The fourth-order valence-corrected chi connectivity index (χ4v) is 1.34. The lowest BCUT2D eigenvalue weighted by atomic mass is 9.84. The summed E-state index contributed by atoms with van der Waals surface area (Å²) in [5.41, 5.74) is 0.500. The van der Waals surface area contributed by atoms with E-state index in [1.54, 1.807) is 0 Å². The van der Waals surface area contributed by atoms with Gasteiger partial charge in [0.25, 0.3) is 0 Å². The zero-order chi connectivity index (χ0) is 7.78. The first-order valence-corrected chi connectivity index (χ1v) is 3.67. The van der Waals surface area contributed by atoms with Gasteiger partial charge in [0, 0.05) is 20.1 Å². The lowest BCUT2D eigenvalue weighted by Crippen LogP contribution is -2.53. The van der Waals surface area contributed by atoms with Crippen LogP contribution < -0.4 is 5.32 Å². The highest BCUT2D eigenvalue weighted by Gasteiger charge is 2.34. The van der Waals surface area contributed by atoms with Crippen LogP contribution in [0.4, 0.5) is 0 Å². The van der Waals surface area contributed by atoms with Crippen LogP contribution in [-0.4, -0.2) is 25.0 Å². The molecule has 1 fully saturated rings. The van der Waals surface area contributed by atoms with E-state index >= 15 is 0 Å². The van der Waals surface area contributed by atoms with E-state index in [-0.39, 0.29) is 0 Å². The van der Waals surface area contributed by atoms with E-state index in [4.69, 9.17) is 0 Å². The highest BCUT2D eigenvalue weighted by Crippen LogP contribution is 2.30. The van der Waals surface area contributed by atoms with E-state index in [9.17, 15) is 0 Å². The number of hydrogen-bond acceptors (Lipinski definition) is 2. The molecule has 0 atom stereocenters. The monoisotopic (exact) mass is 140 g/mol. The molecule has 1 N–H and O–H groups in total. The molecule has 0 aromatic rings. The Labute approximate surface area is 62.9 Å². The maximum Gasteiger partial charge on any atom is 0.0936 e. The van der Waals surface area contributed by atoms with Gasteiger partial charge in [0.1, 0.15) is 0 Å². The highest BCUT2D eigenvalue weighted by atomic mass is 15.3. The molecule has 0 radical (unpaired) electrons. The van der Waals surface area contributed by atoms with E-state index in [0.717, 1.165) is 18.9 Å². The molecule has 0 aromatic carbocycles. The summed E-state index contributed by atoms with van der Waals surface area (Å²) in [4.78, 5) is 2.25. The lowest BCUT2D eigenvalue weighted by Gasteiger charge is -2.47. The van der Waals surface area contributed by atoms with Crippen molar-refractivity contribution in [3.05, 3.63) is 12.4 Å². The fourth-order valence-electron chi connectivity index (χ4n) is 1.34. The quantitative estimate of drug-likeness (QED) is 0.616. The molecule has 0 saturated carbocycles. The number of likely N-dealkylation sites (tertiary alicyclic amines) is 1. The summed E-state index contributed by atoms with van der Waals surface area (Å²) in [6.07, 6.45) is 0. The minimum atomic E-state index is 0.500. The Hall–Kier alpha value is -0.660. The molecule has 0 unspecified atom stereocenters. The van der Waals surface area contributed by atoms with Crippen LogP contribution in [0.25, 0.3) is 0 Å². The van der Waals surface area contributed by atoms with Gasteiger partial charge in [0.2, 0.25) is 0 Å². The van der Waals surface area contributed by atoms with Crippen LogP contribution in [0.3, 0.4) is 0 Å². The zero-order valence-electron chi connectivity index (χ0n) is 7.07. The van der Waals surface area contributed by atoms with Gasteiger partial charge in [-0.3, -0.25) is 0 Å². The van der Waals surface area contributed by atoms with E-state index in [0.29, 0.717) is 5.41 Å². The van der Waals surface area contributed by atoms with Gasteiger partial charge in [-0.15, -0.1) is 0 Å². The molecule has 0 amide bonds. The summed E-state index contributed by atoms with van der Waals surface area (Å²) in [6.45, 7) is 10.7. The number of rotatable bonds is 2. The molecule has 0 aromatic heterocycles. The smallest absolute Gasteiger partial charge is 0.0936 e. The van der Waals surface area contributed by atoms with Gasteiger partial charge in [-0.1, -0.05) is 20.4 Å². The van der Waals surface area contributed by atoms with Crippen LogP contribution in [-0.2, 0) is 0 Å². The Bertz CT molecular complexity index is 141. The minimum Gasteiger partial charge on any atom is -0.375 e. The van der Waals surface area contributed by atoms with Crippen molar-refractivity contribution in [2.24, 2.45) is 5.41 Å². The second-order valence-electron chi connectivity index (χ2n) is 3.72. The van der Waals surface area contributed by atoms with Crippen molar-refractivity contribution in [3.63, 3.8) is 0 Å². The third-order valence-electron chi connectivity index (χ3n) is 1.91. The van der Waals surface area contributed by atoms with Gasteiger partial charge >= 0.3 is 0 Å². The SMILES string of the molecule is C=C(NC)N1CC(C)(C)C1. The fraction of sp³-hybridized carbons (Fsp3) is 0.750. The Morgan fingerprint density at radius 3 is 2.30 bits per heavy atom. The summed E-state index contributed by atoms with van der Waals surface area (Å²) in [5.74, 6) is 1.04. The highest BCUT2D eigenvalue weighted by molar-refractivity contribution is 5.01. The summed E-state index contributed by atoms with van der Waals surface area (Å²) >= 11 is 0. The standard InChI is InChI=1S/C8H16N2/c1-7(9-4)10-5-8(2,3)6-10/h9H,1,5-6H2,2-4H3. The first-order valence-electron chi connectivity index (χ1n) is 3.67. The first kappa shape index (κ1) is 7.45. The molecule has 1 rings (SSSR count). The van der Waals surface area contributed by atoms with Crippen LogP contribution in [0, 0.1) is 5.41 Å². The van der Waals surface area contributed by atoms with E-state index in [1.165, 1.54) is 0 Å². The summed E-state index contributed by atoms with van der Waals surface area (Å²) in [6, 6.07) is 0. The van der Waals surface area contributed by atoms with Crippen LogP contribution in [0.5, 0.6) is 0 Å². The molecule has 1 saturated heterocycles. The van der Waals surface area contributed by atoms with Gasteiger partial charge < -0.3 is 10.2 Å². The third-order valence-corrected chi connectivity index (χ3v) is 1.91. The van der Waals surface area contributed by atoms with E-state index < -0.39 is 0 Å². The number of nitrogens with one attached hydrogen (secondary N) is 1. The van der Waals surface area contributed by atoms with E-state index in [1.807, 2.05) is 7.05 Å². The van der Waals surface area contributed by atoms with Gasteiger partial charge in [0.05, 0.1) is 5.82 Å². The average molecular weight is 140 g/mol. The molecule has 2 heteroatoms. The second kappa shape index (κ2) is 2.19. The van der Waals surface area contributed by atoms with Crippen LogP contribution in [0.1, 0.15) is 13.8 Å². The molecule has 1 aliphatic heterocycles. The number of hydrogen-bond donors (Lipinski definition) is 1. The normalized spacial score (nSPS) is 21.7. The molecule has 0 bridgehead atoms. The minimum absolute atomic E-state index is 0.500. The van der Waals surface area contributed by atoms with Crippen LogP contribution in [0.15, 0.2) is 12.4 Å². The molecule has 1 heterocycles. The largest absolute Gasteiger partial charge is 0.375 e. The van der Waals surface area contributed by atoms with Gasteiger partial charge in [-0.2, -0.15) is 0 Å².